The minimum absolute atomic E-state index is 0.228. The molecule has 8 heteroatoms. The van der Waals surface area contributed by atoms with Gasteiger partial charge in [0.15, 0.2) is 5.65 Å². The molecule has 28 heavy (non-hydrogen) atoms. The third kappa shape index (κ3) is 3.75. The van der Waals surface area contributed by atoms with Crippen LogP contribution in [0.3, 0.4) is 0 Å². The Labute approximate surface area is 160 Å². The smallest absolute Gasteiger partial charge is 0.350 e. The van der Waals surface area contributed by atoms with Crippen molar-refractivity contribution >= 4 is 17.6 Å². The van der Waals surface area contributed by atoms with E-state index in [4.69, 9.17) is 0 Å². The van der Waals surface area contributed by atoms with E-state index in [0.29, 0.717) is 18.7 Å². The predicted octanol–water partition coefficient (Wildman–Crippen LogP) is 1.51. The Morgan fingerprint density at radius 1 is 1.11 bits per heavy atom. The first kappa shape index (κ1) is 17.5. The van der Waals surface area contributed by atoms with E-state index in [1.807, 2.05) is 42.6 Å². The standard InChI is InChI=1S/C20H18N6O2/c27-19(10-9-16-14-22-26(15-16)17-6-2-1-3-7-17)21-11-13-25-20(28)24-12-5-4-8-18(24)23-25/h1-10,12,14-15H,11,13H2,(H,21,27). The molecule has 0 saturated heterocycles. The highest BCUT2D eigenvalue weighted by molar-refractivity contribution is 5.91. The van der Waals surface area contributed by atoms with Gasteiger partial charge in [0.1, 0.15) is 0 Å². The van der Waals surface area contributed by atoms with Crippen LogP contribution in [0.25, 0.3) is 17.4 Å². The van der Waals surface area contributed by atoms with Crippen molar-refractivity contribution in [2.45, 2.75) is 6.54 Å². The number of amides is 1. The summed E-state index contributed by atoms with van der Waals surface area (Å²) in [7, 11) is 0. The Morgan fingerprint density at radius 3 is 2.75 bits per heavy atom. The Morgan fingerprint density at radius 2 is 1.93 bits per heavy atom. The van der Waals surface area contributed by atoms with Crippen LogP contribution in [0.15, 0.2) is 78.0 Å². The van der Waals surface area contributed by atoms with Crippen molar-refractivity contribution in [3.05, 3.63) is 89.2 Å². The molecule has 4 aromatic rings. The third-order valence-electron chi connectivity index (χ3n) is 4.16. The number of hydrogen-bond donors (Lipinski definition) is 1. The predicted molar refractivity (Wildman–Crippen MR) is 105 cm³/mol. The van der Waals surface area contributed by atoms with Crippen LogP contribution in [0.4, 0.5) is 0 Å². The van der Waals surface area contributed by atoms with Crippen LogP contribution in [0, 0.1) is 0 Å². The van der Waals surface area contributed by atoms with Crippen molar-refractivity contribution in [1.82, 2.24) is 29.3 Å². The number of benzene rings is 1. The Bertz CT molecular complexity index is 1190. The Hall–Kier alpha value is -3.94. The molecule has 0 aliphatic heterocycles. The second-order valence-electron chi connectivity index (χ2n) is 6.11. The SMILES string of the molecule is O=C(C=Cc1cnn(-c2ccccc2)c1)NCCn1nc2ccccn2c1=O. The molecule has 0 atom stereocenters. The Balaban J connectivity index is 1.32. The summed E-state index contributed by atoms with van der Waals surface area (Å²) >= 11 is 0. The normalized spacial score (nSPS) is 11.3. The number of aromatic nitrogens is 5. The summed E-state index contributed by atoms with van der Waals surface area (Å²) < 4.78 is 4.54. The van der Waals surface area contributed by atoms with Gasteiger partial charge in [-0.25, -0.2) is 14.2 Å². The lowest BCUT2D eigenvalue weighted by molar-refractivity contribution is -0.116. The molecule has 0 unspecified atom stereocenters. The molecule has 0 aliphatic rings. The number of carbonyl (C=O) groups is 1. The van der Waals surface area contributed by atoms with E-state index in [9.17, 15) is 9.59 Å². The largest absolute Gasteiger partial charge is 0.351 e. The molecule has 3 aromatic heterocycles. The van der Waals surface area contributed by atoms with Crippen LogP contribution < -0.4 is 11.0 Å². The number of nitrogens with zero attached hydrogens (tertiary/aromatic N) is 5. The zero-order valence-electron chi connectivity index (χ0n) is 15.0. The molecule has 3 heterocycles. The highest BCUT2D eigenvalue weighted by atomic mass is 16.2. The highest BCUT2D eigenvalue weighted by Gasteiger charge is 2.05. The number of hydrogen-bond acceptors (Lipinski definition) is 4. The maximum absolute atomic E-state index is 12.2. The molecule has 8 nitrogen and oxygen atoms in total. The summed E-state index contributed by atoms with van der Waals surface area (Å²) in [5.74, 6) is -0.246. The monoisotopic (exact) mass is 374 g/mol. The van der Waals surface area contributed by atoms with Crippen molar-refractivity contribution in [3.63, 3.8) is 0 Å². The number of fused-ring (bicyclic) bond motifs is 1. The van der Waals surface area contributed by atoms with E-state index in [-0.39, 0.29) is 11.6 Å². The second-order valence-corrected chi connectivity index (χ2v) is 6.11. The van der Waals surface area contributed by atoms with Crippen molar-refractivity contribution in [1.29, 1.82) is 0 Å². The van der Waals surface area contributed by atoms with Crippen LogP contribution in [0.1, 0.15) is 5.56 Å². The van der Waals surface area contributed by atoms with Gasteiger partial charge in [-0.05, 0) is 30.3 Å². The number of carbonyl (C=O) groups excluding carboxylic acids is 1. The second kappa shape index (κ2) is 7.75. The van der Waals surface area contributed by atoms with Crippen LogP contribution in [0.2, 0.25) is 0 Å². The molecule has 1 aromatic carbocycles. The molecule has 0 radical (unpaired) electrons. The van der Waals surface area contributed by atoms with Crippen molar-refractivity contribution < 1.29 is 4.79 Å². The van der Waals surface area contributed by atoms with Crippen LogP contribution in [0.5, 0.6) is 0 Å². The van der Waals surface area contributed by atoms with Crippen molar-refractivity contribution in [2.24, 2.45) is 0 Å². The van der Waals surface area contributed by atoms with Crippen LogP contribution in [-0.2, 0) is 11.3 Å². The van der Waals surface area contributed by atoms with Gasteiger partial charge in [-0.3, -0.25) is 9.20 Å². The zero-order valence-corrected chi connectivity index (χ0v) is 15.0. The Kier molecular flexibility index (Phi) is 4.83. The lowest BCUT2D eigenvalue weighted by Gasteiger charge is -2.01. The fourth-order valence-electron chi connectivity index (χ4n) is 2.77. The van der Waals surface area contributed by atoms with Gasteiger partial charge in [0, 0.05) is 30.6 Å². The van der Waals surface area contributed by atoms with Gasteiger partial charge >= 0.3 is 5.69 Å². The van der Waals surface area contributed by atoms with Crippen molar-refractivity contribution in [2.75, 3.05) is 6.54 Å². The van der Waals surface area contributed by atoms with E-state index in [1.54, 1.807) is 35.3 Å². The van der Waals surface area contributed by atoms with Gasteiger partial charge in [-0.2, -0.15) is 5.10 Å². The van der Waals surface area contributed by atoms with Crippen molar-refractivity contribution in [3.8, 4) is 5.69 Å². The maximum atomic E-state index is 12.2. The molecule has 140 valence electrons. The highest BCUT2D eigenvalue weighted by Crippen LogP contribution is 2.08. The van der Waals surface area contributed by atoms with Crippen LogP contribution >= 0.6 is 0 Å². The first-order chi connectivity index (χ1) is 13.7. The van der Waals surface area contributed by atoms with Gasteiger partial charge in [-0.1, -0.05) is 24.3 Å². The number of nitrogens with one attached hydrogen (secondary N) is 1. The van der Waals surface area contributed by atoms with Gasteiger partial charge < -0.3 is 5.32 Å². The van der Waals surface area contributed by atoms with Gasteiger partial charge in [0.25, 0.3) is 0 Å². The van der Waals surface area contributed by atoms with E-state index in [1.165, 1.54) is 15.2 Å². The molecule has 1 N–H and O–H groups in total. The van der Waals surface area contributed by atoms with E-state index >= 15 is 0 Å². The average molecular weight is 374 g/mol. The summed E-state index contributed by atoms with van der Waals surface area (Å²) in [4.78, 5) is 24.2. The number of para-hydroxylation sites is 1. The summed E-state index contributed by atoms with van der Waals surface area (Å²) in [5, 5.41) is 11.3. The number of pyridine rings is 1. The van der Waals surface area contributed by atoms with Gasteiger partial charge in [-0.15, -0.1) is 5.10 Å². The molecule has 0 bridgehead atoms. The molecular weight excluding hydrogens is 356 g/mol. The fourth-order valence-corrected chi connectivity index (χ4v) is 2.77. The lowest BCUT2D eigenvalue weighted by Crippen LogP contribution is -2.30. The maximum Gasteiger partial charge on any atom is 0.350 e. The lowest BCUT2D eigenvalue weighted by atomic mass is 10.3. The molecule has 0 spiro atoms. The molecule has 4 rings (SSSR count). The summed E-state index contributed by atoms with van der Waals surface area (Å²) in [5.41, 5.74) is 2.11. The topological polar surface area (TPSA) is 86.2 Å². The first-order valence-corrected chi connectivity index (χ1v) is 8.81. The minimum atomic E-state index is -0.246. The minimum Gasteiger partial charge on any atom is -0.351 e. The molecule has 1 amide bonds. The summed E-state index contributed by atoms with van der Waals surface area (Å²) in [6, 6.07) is 15.1. The van der Waals surface area contributed by atoms with E-state index < -0.39 is 0 Å². The summed E-state index contributed by atoms with van der Waals surface area (Å²) in [6.45, 7) is 0.599. The number of rotatable bonds is 6. The molecular formula is C20H18N6O2. The van der Waals surface area contributed by atoms with Gasteiger partial charge in [0.05, 0.1) is 18.4 Å². The molecule has 0 fully saturated rings. The quantitative estimate of drug-likeness (QED) is 0.519. The molecule has 0 aliphatic carbocycles. The zero-order chi connectivity index (χ0) is 19.3. The van der Waals surface area contributed by atoms with E-state index in [2.05, 4.69) is 15.5 Å². The third-order valence-corrected chi connectivity index (χ3v) is 4.16. The average Bonchev–Trinajstić information content (AvgIpc) is 3.33. The summed E-state index contributed by atoms with van der Waals surface area (Å²) in [6.07, 6.45) is 8.33. The first-order valence-electron chi connectivity index (χ1n) is 8.81. The fraction of sp³-hybridized carbons (Fsp3) is 0.100. The van der Waals surface area contributed by atoms with Crippen LogP contribution in [-0.4, -0.2) is 36.4 Å². The molecule has 0 saturated carbocycles. The van der Waals surface area contributed by atoms with E-state index in [0.717, 1.165) is 11.3 Å². The van der Waals surface area contributed by atoms with Gasteiger partial charge in [0.2, 0.25) is 5.91 Å².